The Kier molecular flexibility index (Phi) is 11.6. The number of imidazole rings is 2. The number of aliphatic hydroxyl groups is 1. The van der Waals surface area contributed by atoms with Crippen molar-refractivity contribution in [2.45, 2.75) is 71.4 Å². The van der Waals surface area contributed by atoms with Crippen LogP contribution in [0.2, 0.25) is 0 Å². The van der Waals surface area contributed by atoms with Crippen molar-refractivity contribution in [3.8, 4) is 0 Å². The molecule has 12 heteroatoms. The topological polar surface area (TPSA) is 162 Å². The first-order valence-corrected chi connectivity index (χ1v) is 13.7. The molecule has 41 heavy (non-hydrogen) atoms. The van der Waals surface area contributed by atoms with E-state index < -0.39 is 36.3 Å². The van der Waals surface area contributed by atoms with Gasteiger partial charge in [-0.1, -0.05) is 50.6 Å². The van der Waals surface area contributed by atoms with E-state index in [1.807, 2.05) is 20.8 Å². The molecule has 3 rings (SSSR count). The Morgan fingerprint density at radius 2 is 1.98 bits per heavy atom. The first-order chi connectivity index (χ1) is 19.5. The van der Waals surface area contributed by atoms with Gasteiger partial charge in [0.25, 0.3) is 5.91 Å². The van der Waals surface area contributed by atoms with Crippen LogP contribution < -0.4 is 10.6 Å². The van der Waals surface area contributed by atoms with Gasteiger partial charge in [0.15, 0.2) is 0 Å². The standard InChI is InChI=1S/C29H39FN6O5/c1-17(2)27-19(4)7-8-26(38)32-9-5-6-18(3)10-22(37)11-20(30)12-25-33-15-24(35-25)28(39)36-23(29(40)41-27)13-21-14-31-16-34-21/h5-8,10,14-17,19-20,22-23,27,37H,9,11-13H2,1-4H3,(H,31,34)(H,32,38)(H,33,35)(H,36,39)/b6-5+,8-7+,18-10+. The number of amides is 2. The molecule has 0 spiro atoms. The summed E-state index contributed by atoms with van der Waals surface area (Å²) < 4.78 is 20.6. The van der Waals surface area contributed by atoms with E-state index in [0.717, 1.165) is 0 Å². The molecule has 2 aromatic heterocycles. The van der Waals surface area contributed by atoms with E-state index >= 15 is 0 Å². The lowest BCUT2D eigenvalue weighted by molar-refractivity contribution is -0.155. The lowest BCUT2D eigenvalue weighted by atomic mass is 9.94. The number of esters is 1. The van der Waals surface area contributed by atoms with E-state index in [9.17, 15) is 23.9 Å². The molecule has 0 aliphatic carbocycles. The Balaban J connectivity index is 1.87. The number of hydrogen-bond donors (Lipinski definition) is 5. The van der Waals surface area contributed by atoms with Crippen LogP contribution >= 0.6 is 0 Å². The molecule has 5 atom stereocenters. The number of nitrogens with one attached hydrogen (secondary N) is 4. The molecule has 0 fully saturated rings. The molecule has 0 saturated carbocycles. The highest BCUT2D eigenvalue weighted by Crippen LogP contribution is 2.20. The first kappa shape index (κ1) is 31.5. The minimum Gasteiger partial charge on any atom is -0.460 e. The number of cyclic esters (lactones) is 1. The van der Waals surface area contributed by atoms with Gasteiger partial charge in [0.1, 0.15) is 29.8 Å². The lowest BCUT2D eigenvalue weighted by Gasteiger charge is -2.28. The zero-order chi connectivity index (χ0) is 29.9. The van der Waals surface area contributed by atoms with E-state index in [2.05, 4.69) is 30.6 Å². The van der Waals surface area contributed by atoms with Gasteiger partial charge in [-0.15, -0.1) is 0 Å². The van der Waals surface area contributed by atoms with Gasteiger partial charge in [0, 0.05) is 43.6 Å². The van der Waals surface area contributed by atoms with Gasteiger partial charge in [0.2, 0.25) is 5.91 Å². The van der Waals surface area contributed by atoms with Gasteiger partial charge in [-0.25, -0.2) is 19.2 Å². The molecule has 2 amide bonds. The maximum absolute atomic E-state index is 14.7. The quantitative estimate of drug-likeness (QED) is 0.354. The molecule has 5 N–H and O–H groups in total. The van der Waals surface area contributed by atoms with Gasteiger partial charge in [0.05, 0.1) is 18.6 Å². The second-order valence-corrected chi connectivity index (χ2v) is 10.6. The average Bonchev–Trinajstić information content (AvgIpc) is 3.59. The van der Waals surface area contributed by atoms with Gasteiger partial charge >= 0.3 is 5.97 Å². The molecular formula is C29H39FN6O5. The zero-order valence-corrected chi connectivity index (χ0v) is 23.8. The number of carbonyl (C=O) groups is 3. The minimum absolute atomic E-state index is 0.0529. The van der Waals surface area contributed by atoms with Crippen molar-refractivity contribution in [1.82, 2.24) is 30.6 Å². The van der Waals surface area contributed by atoms with E-state index in [1.54, 1.807) is 31.3 Å². The Morgan fingerprint density at radius 1 is 1.20 bits per heavy atom. The summed E-state index contributed by atoms with van der Waals surface area (Å²) in [5, 5.41) is 15.7. The molecule has 11 nitrogen and oxygen atoms in total. The van der Waals surface area contributed by atoms with E-state index in [1.165, 1.54) is 24.7 Å². The Bertz CT molecular complexity index is 1250. The molecule has 1 aliphatic rings. The van der Waals surface area contributed by atoms with Gasteiger partial charge in [-0.05, 0) is 18.9 Å². The Morgan fingerprint density at radius 3 is 2.68 bits per heavy atom. The second-order valence-electron chi connectivity index (χ2n) is 10.6. The van der Waals surface area contributed by atoms with Crippen LogP contribution in [0.25, 0.3) is 0 Å². The van der Waals surface area contributed by atoms with Crippen molar-refractivity contribution in [1.29, 1.82) is 0 Å². The molecule has 2 bridgehead atoms. The van der Waals surface area contributed by atoms with Crippen LogP contribution in [-0.4, -0.2) is 73.8 Å². The summed E-state index contributed by atoms with van der Waals surface area (Å²) in [4.78, 5) is 52.6. The third kappa shape index (κ3) is 10.1. The lowest BCUT2D eigenvalue weighted by Crippen LogP contribution is -2.46. The molecule has 0 saturated heterocycles. The van der Waals surface area contributed by atoms with E-state index in [4.69, 9.17) is 4.74 Å². The maximum Gasteiger partial charge on any atom is 0.329 e. The smallest absolute Gasteiger partial charge is 0.329 e. The van der Waals surface area contributed by atoms with Crippen LogP contribution in [0.3, 0.4) is 0 Å². The van der Waals surface area contributed by atoms with Crippen molar-refractivity contribution in [2.75, 3.05) is 6.54 Å². The molecule has 5 unspecified atom stereocenters. The van der Waals surface area contributed by atoms with Crippen LogP contribution in [0, 0.1) is 11.8 Å². The summed E-state index contributed by atoms with van der Waals surface area (Å²) in [6.07, 6.45) is 9.09. The van der Waals surface area contributed by atoms with Crippen LogP contribution in [0.5, 0.6) is 0 Å². The number of aromatic nitrogens is 4. The number of hydrogen-bond acceptors (Lipinski definition) is 7. The number of ether oxygens (including phenoxy) is 1. The second kappa shape index (κ2) is 15.1. The fourth-order valence-electron chi connectivity index (χ4n) is 4.49. The summed E-state index contributed by atoms with van der Waals surface area (Å²) >= 11 is 0. The highest BCUT2D eigenvalue weighted by molar-refractivity contribution is 5.95. The molecule has 0 aromatic carbocycles. The van der Waals surface area contributed by atoms with Gasteiger partial charge in [-0.3, -0.25) is 9.59 Å². The van der Waals surface area contributed by atoms with Crippen molar-refractivity contribution in [2.24, 2.45) is 11.8 Å². The number of alkyl halides is 1. The molecule has 1 aliphatic heterocycles. The summed E-state index contributed by atoms with van der Waals surface area (Å²) in [6, 6.07) is -1.07. The normalized spacial score (nSPS) is 28.6. The number of nitrogens with zero attached hydrogens (tertiary/aromatic N) is 2. The molecular weight excluding hydrogens is 531 g/mol. The van der Waals surface area contributed by atoms with Crippen molar-refractivity contribution in [3.63, 3.8) is 0 Å². The first-order valence-electron chi connectivity index (χ1n) is 13.7. The Labute approximate surface area is 238 Å². The highest BCUT2D eigenvalue weighted by Gasteiger charge is 2.30. The molecule has 2 aromatic rings. The fourth-order valence-corrected chi connectivity index (χ4v) is 4.49. The number of fused-ring (bicyclic) bond motifs is 2. The van der Waals surface area contributed by atoms with Crippen LogP contribution in [0.15, 0.2) is 54.7 Å². The van der Waals surface area contributed by atoms with E-state index in [-0.39, 0.29) is 55.1 Å². The van der Waals surface area contributed by atoms with E-state index in [0.29, 0.717) is 11.3 Å². The monoisotopic (exact) mass is 570 g/mol. The average molecular weight is 571 g/mol. The van der Waals surface area contributed by atoms with Crippen LogP contribution in [0.1, 0.15) is 56.1 Å². The summed E-state index contributed by atoms with van der Waals surface area (Å²) in [7, 11) is 0. The molecule has 222 valence electrons. The minimum atomic E-state index is -1.43. The maximum atomic E-state index is 14.7. The SMILES string of the molecule is CC1=C\C(O)CC(F)Cc2ncc([nH]2)C(=O)NC(Cc2cnc[nH]2)C(=O)OC(C(C)C)C(C)/C=C/C(=O)NC\C=C\1. The number of halogens is 1. The highest BCUT2D eigenvalue weighted by atomic mass is 19.1. The van der Waals surface area contributed by atoms with Gasteiger partial charge in [-0.2, -0.15) is 0 Å². The number of rotatable bonds is 3. The summed E-state index contributed by atoms with van der Waals surface area (Å²) in [5.41, 5.74) is 1.37. The number of aliphatic hydroxyl groups excluding tert-OH is 1. The largest absolute Gasteiger partial charge is 0.460 e. The predicted molar refractivity (Wildman–Crippen MR) is 150 cm³/mol. The fraction of sp³-hybridized carbons (Fsp3) is 0.483. The predicted octanol–water partition coefficient (Wildman–Crippen LogP) is 2.50. The summed E-state index contributed by atoms with van der Waals surface area (Å²) in [5.74, 6) is -1.75. The zero-order valence-electron chi connectivity index (χ0n) is 23.8. The van der Waals surface area contributed by atoms with Crippen LogP contribution in [-0.2, 0) is 27.2 Å². The van der Waals surface area contributed by atoms with Crippen molar-refractivity contribution >= 4 is 17.8 Å². The third-order valence-corrected chi connectivity index (χ3v) is 6.56. The molecule has 3 heterocycles. The van der Waals surface area contributed by atoms with Gasteiger partial charge < -0.3 is 30.4 Å². The third-order valence-electron chi connectivity index (χ3n) is 6.56. The van der Waals surface area contributed by atoms with Crippen molar-refractivity contribution < 1.29 is 28.6 Å². The number of allylic oxidation sites excluding steroid dienone is 2. The summed E-state index contributed by atoms with van der Waals surface area (Å²) in [6.45, 7) is 7.67. The van der Waals surface area contributed by atoms with Crippen molar-refractivity contribution in [3.05, 3.63) is 71.9 Å². The number of carbonyl (C=O) groups excluding carboxylic acids is 3. The molecule has 0 radical (unpaired) electrons. The van der Waals surface area contributed by atoms with Crippen LogP contribution in [0.4, 0.5) is 4.39 Å². The number of H-pyrrole nitrogens is 2. The number of aromatic amines is 2. The Hall–Kier alpha value is -4.06.